The summed E-state index contributed by atoms with van der Waals surface area (Å²) in [5.41, 5.74) is -0.685. The number of benzene rings is 2. The second-order valence-corrected chi connectivity index (χ2v) is 7.81. The number of ether oxygens (including phenoxy) is 1. The lowest BCUT2D eigenvalue weighted by Crippen LogP contribution is -2.33. The van der Waals surface area contributed by atoms with Gasteiger partial charge in [-0.3, -0.25) is 14.6 Å². The highest BCUT2D eigenvalue weighted by molar-refractivity contribution is 6.30. The summed E-state index contributed by atoms with van der Waals surface area (Å²) in [7, 11) is 1.53. The van der Waals surface area contributed by atoms with Gasteiger partial charge in [0.1, 0.15) is 11.3 Å². The van der Waals surface area contributed by atoms with Crippen LogP contribution in [0.1, 0.15) is 36.9 Å². The zero-order chi connectivity index (χ0) is 23.7. The molecule has 2 aromatic carbocycles. The van der Waals surface area contributed by atoms with Crippen LogP contribution in [0.15, 0.2) is 63.2 Å². The number of H-pyrrole nitrogens is 1. The first-order valence-corrected chi connectivity index (χ1v) is 10.6. The number of rotatable bonds is 5. The van der Waals surface area contributed by atoms with Crippen LogP contribution in [-0.4, -0.2) is 38.4 Å². The molecule has 0 spiro atoms. The third kappa shape index (κ3) is 4.03. The molecule has 0 unspecified atom stereocenters. The van der Waals surface area contributed by atoms with Crippen molar-refractivity contribution in [2.24, 2.45) is 5.10 Å². The van der Waals surface area contributed by atoms with E-state index in [4.69, 9.17) is 16.3 Å². The molecule has 1 aliphatic heterocycles. The normalized spacial score (nSPS) is 15.4. The number of halogens is 1. The van der Waals surface area contributed by atoms with Crippen molar-refractivity contribution >= 4 is 23.2 Å². The van der Waals surface area contributed by atoms with Gasteiger partial charge in [-0.05, 0) is 24.3 Å². The highest BCUT2D eigenvalue weighted by Gasteiger charge is 2.36. The van der Waals surface area contributed by atoms with E-state index in [9.17, 15) is 19.5 Å². The topological polar surface area (TPSA) is 117 Å². The van der Waals surface area contributed by atoms with Crippen molar-refractivity contribution in [1.29, 1.82) is 0 Å². The van der Waals surface area contributed by atoms with Gasteiger partial charge in [0.2, 0.25) is 11.8 Å². The van der Waals surface area contributed by atoms with E-state index in [2.05, 4.69) is 10.1 Å². The van der Waals surface area contributed by atoms with Gasteiger partial charge in [0.25, 0.3) is 5.56 Å². The third-order valence-corrected chi connectivity index (χ3v) is 5.64. The van der Waals surface area contributed by atoms with E-state index < -0.39 is 23.2 Å². The number of nitrogens with one attached hydrogen (secondary N) is 1. The number of carbonyl (C=O) groups is 1. The standard InChI is InChI=1S/C23H21ClN4O5/c1-3-19(29)28-17(15-9-4-5-10-18(15)33-2)12-16(26-28)20-21(30)25-23(32)27(22(20)31)14-8-6-7-13(24)11-14/h4-11,17,31H,3,12H2,1-2H3,(H,25,30,32)/t17-/m0/s1. The number of aromatic amines is 1. The molecule has 3 aromatic rings. The van der Waals surface area contributed by atoms with Gasteiger partial charge in [0, 0.05) is 23.4 Å². The van der Waals surface area contributed by atoms with Crippen LogP contribution in [0.2, 0.25) is 5.02 Å². The Bertz CT molecular complexity index is 1380. The third-order valence-electron chi connectivity index (χ3n) is 5.41. The zero-order valence-electron chi connectivity index (χ0n) is 17.9. The van der Waals surface area contributed by atoms with Gasteiger partial charge in [0.15, 0.2) is 0 Å². The van der Waals surface area contributed by atoms with Crippen molar-refractivity contribution in [3.05, 3.63) is 85.5 Å². The molecule has 0 fully saturated rings. The zero-order valence-corrected chi connectivity index (χ0v) is 18.7. The molecule has 33 heavy (non-hydrogen) atoms. The molecule has 170 valence electrons. The first-order valence-electron chi connectivity index (χ1n) is 10.2. The molecule has 1 amide bonds. The van der Waals surface area contributed by atoms with Crippen LogP contribution in [0.3, 0.4) is 0 Å². The number of hydrazone groups is 1. The Hall–Kier alpha value is -3.85. The molecule has 1 atom stereocenters. The van der Waals surface area contributed by atoms with Gasteiger partial charge in [-0.2, -0.15) is 5.10 Å². The molecule has 0 aliphatic carbocycles. The van der Waals surface area contributed by atoms with Crippen molar-refractivity contribution in [3.8, 4) is 17.3 Å². The average Bonchev–Trinajstić information content (AvgIpc) is 3.23. The van der Waals surface area contributed by atoms with Gasteiger partial charge in [-0.15, -0.1) is 0 Å². The van der Waals surface area contributed by atoms with Gasteiger partial charge in [0.05, 0.1) is 24.6 Å². The number of amides is 1. The molecule has 1 aliphatic rings. The summed E-state index contributed by atoms with van der Waals surface area (Å²) in [4.78, 5) is 40.2. The minimum Gasteiger partial charge on any atom is -0.496 e. The molecule has 0 saturated carbocycles. The number of hydrogen-bond acceptors (Lipinski definition) is 6. The van der Waals surface area contributed by atoms with Crippen molar-refractivity contribution in [1.82, 2.24) is 14.6 Å². The predicted molar refractivity (Wildman–Crippen MR) is 123 cm³/mol. The fourth-order valence-corrected chi connectivity index (χ4v) is 4.06. The van der Waals surface area contributed by atoms with E-state index in [0.717, 1.165) is 4.57 Å². The summed E-state index contributed by atoms with van der Waals surface area (Å²) in [6.45, 7) is 1.71. The summed E-state index contributed by atoms with van der Waals surface area (Å²) in [6, 6.07) is 12.9. The summed E-state index contributed by atoms with van der Waals surface area (Å²) in [5, 5.41) is 17.0. The highest BCUT2D eigenvalue weighted by Crippen LogP contribution is 2.38. The molecule has 0 saturated heterocycles. The lowest BCUT2D eigenvalue weighted by molar-refractivity contribution is -0.132. The second-order valence-electron chi connectivity index (χ2n) is 7.37. The number of methoxy groups -OCH3 is 1. The first kappa shape index (κ1) is 22.3. The quantitative estimate of drug-likeness (QED) is 0.597. The molecule has 9 nitrogen and oxygen atoms in total. The maximum Gasteiger partial charge on any atom is 0.335 e. The Morgan fingerprint density at radius 2 is 2.00 bits per heavy atom. The van der Waals surface area contributed by atoms with Gasteiger partial charge in [-0.25, -0.2) is 14.4 Å². The number of para-hydroxylation sites is 1. The Balaban J connectivity index is 1.87. The predicted octanol–water partition coefficient (Wildman–Crippen LogP) is 2.98. The minimum absolute atomic E-state index is 0.135. The smallest absolute Gasteiger partial charge is 0.335 e. The average molecular weight is 469 g/mol. The van der Waals surface area contributed by atoms with Crippen LogP contribution >= 0.6 is 11.6 Å². The number of carbonyl (C=O) groups excluding carboxylic acids is 1. The molecule has 0 bridgehead atoms. The van der Waals surface area contributed by atoms with E-state index in [1.807, 2.05) is 18.2 Å². The fraction of sp³-hybridized carbons (Fsp3) is 0.217. The molecule has 2 heterocycles. The first-order chi connectivity index (χ1) is 15.8. The van der Waals surface area contributed by atoms with Gasteiger partial charge >= 0.3 is 5.69 Å². The minimum atomic E-state index is -0.829. The van der Waals surface area contributed by atoms with E-state index in [-0.39, 0.29) is 35.7 Å². The van der Waals surface area contributed by atoms with Crippen LogP contribution in [-0.2, 0) is 4.79 Å². The maximum atomic E-state index is 12.7. The summed E-state index contributed by atoms with van der Waals surface area (Å²) < 4.78 is 6.39. The van der Waals surface area contributed by atoms with Crippen LogP contribution in [0.5, 0.6) is 11.6 Å². The monoisotopic (exact) mass is 468 g/mol. The molecule has 0 radical (unpaired) electrons. The lowest BCUT2D eigenvalue weighted by atomic mass is 9.98. The Morgan fingerprint density at radius 1 is 1.24 bits per heavy atom. The Labute approximate surface area is 193 Å². The van der Waals surface area contributed by atoms with E-state index in [0.29, 0.717) is 16.3 Å². The number of nitrogens with zero attached hydrogens (tertiary/aromatic N) is 3. The van der Waals surface area contributed by atoms with Crippen LogP contribution in [0.25, 0.3) is 5.69 Å². The van der Waals surface area contributed by atoms with Gasteiger partial charge in [-0.1, -0.05) is 42.8 Å². The second kappa shape index (κ2) is 8.95. The molecular weight excluding hydrogens is 448 g/mol. The maximum absolute atomic E-state index is 12.7. The lowest BCUT2D eigenvalue weighted by Gasteiger charge is -2.23. The molecule has 1 aromatic heterocycles. The van der Waals surface area contributed by atoms with Crippen molar-refractivity contribution in [3.63, 3.8) is 0 Å². The van der Waals surface area contributed by atoms with Crippen LogP contribution < -0.4 is 16.0 Å². The number of aromatic hydroxyl groups is 1. The number of hydrogen-bond donors (Lipinski definition) is 2. The highest BCUT2D eigenvalue weighted by atomic mass is 35.5. The largest absolute Gasteiger partial charge is 0.496 e. The summed E-state index contributed by atoms with van der Waals surface area (Å²) in [6.07, 6.45) is 0.323. The summed E-state index contributed by atoms with van der Waals surface area (Å²) >= 11 is 6.03. The van der Waals surface area contributed by atoms with Gasteiger partial charge < -0.3 is 9.84 Å². The Morgan fingerprint density at radius 3 is 2.70 bits per heavy atom. The summed E-state index contributed by atoms with van der Waals surface area (Å²) in [5.74, 6) is -0.288. The van der Waals surface area contributed by atoms with E-state index in [1.54, 1.807) is 31.2 Å². The van der Waals surface area contributed by atoms with Crippen molar-refractivity contribution in [2.45, 2.75) is 25.8 Å². The molecule has 4 rings (SSSR count). The number of aromatic nitrogens is 2. The van der Waals surface area contributed by atoms with Crippen LogP contribution in [0.4, 0.5) is 0 Å². The fourth-order valence-electron chi connectivity index (χ4n) is 3.88. The molecule has 2 N–H and O–H groups in total. The van der Waals surface area contributed by atoms with E-state index >= 15 is 0 Å². The Kier molecular flexibility index (Phi) is 6.06. The van der Waals surface area contributed by atoms with Crippen molar-refractivity contribution in [2.75, 3.05) is 7.11 Å². The van der Waals surface area contributed by atoms with Crippen LogP contribution in [0, 0.1) is 0 Å². The SMILES string of the molecule is CCC(=O)N1N=C(c2c(O)n(-c3cccc(Cl)c3)c(=O)[nH]c2=O)C[C@H]1c1ccccc1OC. The molecular formula is C23H21ClN4O5. The molecule has 10 heteroatoms. The van der Waals surface area contributed by atoms with Crippen molar-refractivity contribution < 1.29 is 14.6 Å². The van der Waals surface area contributed by atoms with E-state index in [1.165, 1.54) is 18.2 Å².